The maximum absolute atomic E-state index is 13.3. The number of rotatable bonds is 10. The van der Waals surface area contributed by atoms with Gasteiger partial charge in [-0.2, -0.15) is 4.79 Å². The molecule has 10 heteroatoms. The number of nitrogens with zero attached hydrogens (tertiary/aromatic N) is 3. The van der Waals surface area contributed by atoms with Gasteiger partial charge in [-0.3, -0.25) is 14.4 Å². The third-order valence-electron chi connectivity index (χ3n) is 5.44. The molecule has 1 saturated heterocycles. The highest BCUT2D eigenvalue weighted by Crippen LogP contribution is 2.21. The minimum Gasteiger partial charge on any atom is -0.445 e. The molecule has 10 nitrogen and oxygen atoms in total. The van der Waals surface area contributed by atoms with Gasteiger partial charge in [-0.05, 0) is 24.3 Å². The summed E-state index contributed by atoms with van der Waals surface area (Å²) in [5, 5.41) is 5.12. The molecule has 1 aliphatic heterocycles. The molecule has 172 valence electrons. The average molecular weight is 444 g/mol. The number of hydrogen-bond acceptors (Lipinski definition) is 5. The standard InChI is InChI=1S/C22H29N5O5/c1-3-15(2)19(26-22(31)32-14-16-8-5-4-6-9-16)21(30)27-11-7-10-18(27)20(29)24-12-17(28)13-25-23/h4-6,8-9,13,15,18-19H,3,7,10-12,14H2,1-2H3,(H,24,29)(H,26,31)/t15-,18-,19-/m0/s1. The molecule has 1 fully saturated rings. The van der Waals surface area contributed by atoms with E-state index in [9.17, 15) is 19.2 Å². The number of alkyl carbamates (subject to hydrolysis) is 1. The summed E-state index contributed by atoms with van der Waals surface area (Å²) in [7, 11) is 0. The number of hydrogen-bond donors (Lipinski definition) is 2. The fraction of sp³-hybridized carbons (Fsp3) is 0.500. The number of carbonyl (C=O) groups excluding carboxylic acids is 4. The average Bonchev–Trinajstić information content (AvgIpc) is 3.29. The van der Waals surface area contributed by atoms with Crippen LogP contribution in [0, 0.1) is 5.92 Å². The molecule has 0 unspecified atom stereocenters. The van der Waals surface area contributed by atoms with Crippen LogP contribution in [-0.2, 0) is 25.7 Å². The SMILES string of the molecule is CC[C@H](C)[C@H](NC(=O)OCc1ccccc1)C(=O)N1CCC[C@H]1C(=O)NCC(=O)C=[N+]=[N-]. The zero-order valence-electron chi connectivity index (χ0n) is 18.3. The number of carbonyl (C=O) groups is 4. The van der Waals surface area contributed by atoms with Crippen LogP contribution in [0.3, 0.4) is 0 Å². The number of nitrogens with one attached hydrogen (secondary N) is 2. The minimum absolute atomic E-state index is 0.0774. The quantitative estimate of drug-likeness (QED) is 0.319. The number of benzene rings is 1. The molecule has 0 aromatic heterocycles. The van der Waals surface area contributed by atoms with Gasteiger partial charge in [0.1, 0.15) is 18.7 Å². The van der Waals surface area contributed by atoms with Crippen LogP contribution in [0.5, 0.6) is 0 Å². The predicted molar refractivity (Wildman–Crippen MR) is 115 cm³/mol. The first-order chi connectivity index (χ1) is 15.4. The highest BCUT2D eigenvalue weighted by molar-refractivity contribution is 6.26. The van der Waals surface area contributed by atoms with E-state index in [2.05, 4.69) is 15.4 Å². The first kappa shape index (κ1) is 24.7. The lowest BCUT2D eigenvalue weighted by Crippen LogP contribution is -2.55. The summed E-state index contributed by atoms with van der Waals surface area (Å²) in [5.41, 5.74) is 9.20. The Morgan fingerprint density at radius 1 is 1.28 bits per heavy atom. The molecule has 32 heavy (non-hydrogen) atoms. The van der Waals surface area contributed by atoms with Gasteiger partial charge in [0.15, 0.2) is 0 Å². The second-order valence-electron chi connectivity index (χ2n) is 7.69. The first-order valence-corrected chi connectivity index (χ1v) is 10.6. The summed E-state index contributed by atoms with van der Waals surface area (Å²) in [4.78, 5) is 53.7. The monoisotopic (exact) mass is 443 g/mol. The molecule has 3 atom stereocenters. The Labute approximate surface area is 186 Å². The lowest BCUT2D eigenvalue weighted by molar-refractivity contribution is -0.141. The summed E-state index contributed by atoms with van der Waals surface area (Å²) in [6.07, 6.45) is 1.70. The third-order valence-corrected chi connectivity index (χ3v) is 5.44. The third kappa shape index (κ3) is 7.02. The van der Waals surface area contributed by atoms with Crippen molar-refractivity contribution in [1.82, 2.24) is 15.5 Å². The summed E-state index contributed by atoms with van der Waals surface area (Å²) < 4.78 is 5.26. The molecule has 1 aromatic carbocycles. The van der Waals surface area contributed by atoms with Crippen molar-refractivity contribution in [3.8, 4) is 0 Å². The van der Waals surface area contributed by atoms with Crippen molar-refractivity contribution in [1.29, 1.82) is 0 Å². The molecule has 0 bridgehead atoms. The fourth-order valence-corrected chi connectivity index (χ4v) is 3.46. The van der Waals surface area contributed by atoms with Crippen molar-refractivity contribution in [2.75, 3.05) is 13.1 Å². The van der Waals surface area contributed by atoms with Gasteiger partial charge >= 0.3 is 12.3 Å². The first-order valence-electron chi connectivity index (χ1n) is 10.6. The molecule has 2 rings (SSSR count). The van der Waals surface area contributed by atoms with E-state index in [0.717, 1.165) is 5.56 Å². The Balaban J connectivity index is 2.01. The van der Waals surface area contributed by atoms with E-state index in [1.165, 1.54) is 4.90 Å². The largest absolute Gasteiger partial charge is 0.445 e. The van der Waals surface area contributed by atoms with E-state index in [-0.39, 0.29) is 25.0 Å². The number of ketones is 1. The van der Waals surface area contributed by atoms with Gasteiger partial charge in [-0.25, -0.2) is 4.79 Å². The van der Waals surface area contributed by atoms with Gasteiger partial charge in [-0.1, -0.05) is 50.6 Å². The molecule has 3 amide bonds. The summed E-state index contributed by atoms with van der Waals surface area (Å²) >= 11 is 0. The van der Waals surface area contributed by atoms with Crippen molar-refractivity contribution in [3.05, 3.63) is 41.4 Å². The molecular weight excluding hydrogens is 414 g/mol. The Morgan fingerprint density at radius 2 is 2.00 bits per heavy atom. The highest BCUT2D eigenvalue weighted by atomic mass is 16.5. The van der Waals surface area contributed by atoms with Crippen molar-refractivity contribution in [2.24, 2.45) is 5.92 Å². The lowest BCUT2D eigenvalue weighted by atomic mass is 9.97. The number of ether oxygens (including phenoxy) is 1. The van der Waals surface area contributed by atoms with Crippen LogP contribution in [0.4, 0.5) is 4.79 Å². The number of Topliss-reactive ketones (excluding diaryl/α,β-unsaturated/α-hetero) is 1. The van der Waals surface area contributed by atoms with Gasteiger partial charge in [0.05, 0.1) is 6.54 Å². The van der Waals surface area contributed by atoms with Crippen molar-refractivity contribution in [3.63, 3.8) is 0 Å². The number of likely N-dealkylation sites (tertiary alicyclic amines) is 1. The van der Waals surface area contributed by atoms with Crippen molar-refractivity contribution < 1.29 is 28.7 Å². The lowest BCUT2D eigenvalue weighted by Gasteiger charge is -2.31. The molecule has 1 aliphatic rings. The Hall–Kier alpha value is -3.52. The van der Waals surface area contributed by atoms with Gasteiger partial charge in [0, 0.05) is 6.54 Å². The molecule has 0 spiro atoms. The highest BCUT2D eigenvalue weighted by Gasteiger charge is 2.39. The maximum Gasteiger partial charge on any atom is 0.408 e. The van der Waals surface area contributed by atoms with Crippen LogP contribution in [-0.4, -0.2) is 64.8 Å². The zero-order valence-corrected chi connectivity index (χ0v) is 18.3. The van der Waals surface area contributed by atoms with Gasteiger partial charge in [0.25, 0.3) is 5.78 Å². The molecule has 0 radical (unpaired) electrons. The maximum atomic E-state index is 13.3. The van der Waals surface area contributed by atoms with Gasteiger partial charge < -0.3 is 25.8 Å². The van der Waals surface area contributed by atoms with Crippen LogP contribution >= 0.6 is 0 Å². The molecular formula is C22H29N5O5. The molecule has 0 saturated carbocycles. The summed E-state index contributed by atoms with van der Waals surface area (Å²) in [5.74, 6) is -1.59. The van der Waals surface area contributed by atoms with Crippen LogP contribution in [0.15, 0.2) is 30.3 Å². The predicted octanol–water partition coefficient (Wildman–Crippen LogP) is 1.30. The van der Waals surface area contributed by atoms with Crippen molar-refractivity contribution >= 4 is 29.9 Å². The zero-order chi connectivity index (χ0) is 23.5. The summed E-state index contributed by atoms with van der Waals surface area (Å²) in [6, 6.07) is 7.61. The van der Waals surface area contributed by atoms with Crippen LogP contribution in [0.25, 0.3) is 5.53 Å². The fourth-order valence-electron chi connectivity index (χ4n) is 3.46. The minimum atomic E-state index is -0.847. The normalized spacial score (nSPS) is 16.9. The van der Waals surface area contributed by atoms with Gasteiger partial charge in [-0.15, -0.1) is 0 Å². The van der Waals surface area contributed by atoms with Crippen LogP contribution in [0.2, 0.25) is 0 Å². The second-order valence-corrected chi connectivity index (χ2v) is 7.69. The molecule has 1 aromatic rings. The second kappa shape index (κ2) is 12.4. The van der Waals surface area contributed by atoms with E-state index in [1.807, 2.05) is 44.2 Å². The van der Waals surface area contributed by atoms with Crippen molar-refractivity contribution in [2.45, 2.75) is 51.8 Å². The Bertz CT molecular complexity index is 869. The molecule has 1 heterocycles. The van der Waals surface area contributed by atoms with Crippen LogP contribution < -0.4 is 10.6 Å². The molecule has 2 N–H and O–H groups in total. The Kier molecular flexibility index (Phi) is 9.56. The van der Waals surface area contributed by atoms with E-state index < -0.39 is 29.9 Å². The smallest absolute Gasteiger partial charge is 0.408 e. The van der Waals surface area contributed by atoms with Gasteiger partial charge in [0.2, 0.25) is 11.8 Å². The van der Waals surface area contributed by atoms with E-state index in [0.29, 0.717) is 32.0 Å². The molecule has 0 aliphatic carbocycles. The van der Waals surface area contributed by atoms with E-state index in [4.69, 9.17) is 10.3 Å². The van der Waals surface area contributed by atoms with E-state index >= 15 is 0 Å². The topological polar surface area (TPSA) is 141 Å². The van der Waals surface area contributed by atoms with E-state index in [1.54, 1.807) is 0 Å². The Morgan fingerprint density at radius 3 is 2.66 bits per heavy atom. The number of amides is 3. The summed E-state index contributed by atoms with van der Waals surface area (Å²) in [6.45, 7) is 3.87. The van der Waals surface area contributed by atoms with Crippen LogP contribution in [0.1, 0.15) is 38.7 Å².